The van der Waals surface area contributed by atoms with Crippen molar-refractivity contribution in [3.63, 3.8) is 0 Å². The number of aromatic nitrogens is 4. The maximum absolute atomic E-state index is 14.9. The standard InChI is InChI=1S/C23H22FN7/c1-30-12-18-10-17(30)13-31(18)21-3-2-16(9-19(21)24)28-23-26-7-5-20(29-23)15-8-14-4-6-25-22(14)27-11-15/h2-9,11,17-18H,10,12-13H2,1H3,(H,25,27)(H,26,28,29)/t17-,18-/m0/s1. The van der Waals surface area contributed by atoms with Crippen LogP contribution in [0.3, 0.4) is 0 Å². The van der Waals surface area contributed by atoms with Gasteiger partial charge in [-0.05, 0) is 49.9 Å². The number of likely N-dealkylation sites (tertiary alicyclic amines) is 1. The largest absolute Gasteiger partial charge is 0.363 e. The molecule has 0 aliphatic carbocycles. The number of piperazine rings is 1. The molecule has 0 spiro atoms. The molecule has 31 heavy (non-hydrogen) atoms. The van der Waals surface area contributed by atoms with Crippen molar-refractivity contribution in [2.75, 3.05) is 30.4 Å². The van der Waals surface area contributed by atoms with Crippen LogP contribution in [0.25, 0.3) is 22.3 Å². The van der Waals surface area contributed by atoms with Gasteiger partial charge in [0.1, 0.15) is 11.5 Å². The average Bonchev–Trinajstić information content (AvgIpc) is 3.49. The van der Waals surface area contributed by atoms with E-state index in [1.54, 1.807) is 12.4 Å². The van der Waals surface area contributed by atoms with Crippen LogP contribution >= 0.6 is 0 Å². The lowest BCUT2D eigenvalue weighted by Crippen LogP contribution is -2.44. The molecule has 6 rings (SSSR count). The number of benzene rings is 1. The maximum Gasteiger partial charge on any atom is 0.227 e. The van der Waals surface area contributed by atoms with Gasteiger partial charge in [0.25, 0.3) is 0 Å². The number of rotatable bonds is 4. The van der Waals surface area contributed by atoms with Gasteiger partial charge in [-0.1, -0.05) is 0 Å². The average molecular weight is 415 g/mol. The molecule has 2 fully saturated rings. The first-order valence-electron chi connectivity index (χ1n) is 10.4. The van der Waals surface area contributed by atoms with Gasteiger partial charge in [0.2, 0.25) is 5.95 Å². The van der Waals surface area contributed by atoms with Crippen molar-refractivity contribution in [3.8, 4) is 11.3 Å². The topological polar surface area (TPSA) is 73.0 Å². The Morgan fingerprint density at radius 2 is 2.03 bits per heavy atom. The van der Waals surface area contributed by atoms with Crippen LogP contribution in [-0.2, 0) is 0 Å². The molecule has 8 heteroatoms. The first-order valence-corrected chi connectivity index (χ1v) is 10.4. The molecule has 2 atom stereocenters. The molecule has 5 heterocycles. The van der Waals surface area contributed by atoms with E-state index in [0.717, 1.165) is 41.8 Å². The van der Waals surface area contributed by atoms with Crippen LogP contribution in [0.5, 0.6) is 0 Å². The number of aromatic amines is 1. The molecule has 0 saturated carbocycles. The van der Waals surface area contributed by atoms with Crippen LogP contribution in [0.1, 0.15) is 6.42 Å². The van der Waals surface area contributed by atoms with Gasteiger partial charge in [0, 0.05) is 60.4 Å². The summed E-state index contributed by atoms with van der Waals surface area (Å²) in [4.78, 5) is 20.9. The first kappa shape index (κ1) is 18.3. The predicted octanol–water partition coefficient (Wildman–Crippen LogP) is 3.80. The van der Waals surface area contributed by atoms with Crippen molar-refractivity contribution >= 4 is 28.4 Å². The number of nitrogens with one attached hydrogen (secondary N) is 2. The molecular weight excluding hydrogens is 393 g/mol. The van der Waals surface area contributed by atoms with Gasteiger partial charge in [-0.3, -0.25) is 4.90 Å². The Labute approximate surface area is 179 Å². The molecule has 2 aliphatic rings. The summed E-state index contributed by atoms with van der Waals surface area (Å²) >= 11 is 0. The van der Waals surface area contributed by atoms with Crippen molar-refractivity contribution in [2.45, 2.75) is 18.5 Å². The van der Waals surface area contributed by atoms with Crippen molar-refractivity contribution in [2.24, 2.45) is 0 Å². The highest BCUT2D eigenvalue weighted by Gasteiger charge is 2.42. The number of nitrogens with zero attached hydrogens (tertiary/aromatic N) is 5. The fourth-order valence-electron chi connectivity index (χ4n) is 4.77. The SMILES string of the molecule is CN1C[C@@H]2C[C@H]1CN2c1ccc(Nc2nccc(-c3cnc4[nH]ccc4c3)n2)cc1F. The zero-order valence-electron chi connectivity index (χ0n) is 17.1. The van der Waals surface area contributed by atoms with Crippen molar-refractivity contribution in [3.05, 3.63) is 60.8 Å². The highest BCUT2D eigenvalue weighted by Crippen LogP contribution is 2.35. The fraction of sp³-hybridized carbons (Fsp3) is 0.261. The number of H-pyrrole nitrogens is 1. The van der Waals surface area contributed by atoms with E-state index < -0.39 is 0 Å². The summed E-state index contributed by atoms with van der Waals surface area (Å²) in [6, 6.07) is 12.0. The third-order valence-electron chi connectivity index (χ3n) is 6.38. The molecule has 0 radical (unpaired) electrons. The van der Waals surface area contributed by atoms with Crippen molar-refractivity contribution in [1.82, 2.24) is 24.8 Å². The summed E-state index contributed by atoms with van der Waals surface area (Å²) < 4.78 is 14.9. The first-order chi connectivity index (χ1) is 15.1. The molecule has 3 aromatic heterocycles. The summed E-state index contributed by atoms with van der Waals surface area (Å²) in [5.41, 5.74) is 3.78. The number of hydrogen-bond acceptors (Lipinski definition) is 6. The zero-order chi connectivity index (χ0) is 20.9. The lowest BCUT2D eigenvalue weighted by atomic mass is 10.2. The molecular formula is C23H22FN7. The normalized spacial score (nSPS) is 20.6. The summed E-state index contributed by atoms with van der Waals surface area (Å²) in [5.74, 6) is 0.194. The van der Waals surface area contributed by atoms with Crippen LogP contribution in [0.4, 0.5) is 21.7 Å². The second-order valence-corrected chi connectivity index (χ2v) is 8.33. The Hall–Kier alpha value is -3.52. The molecule has 0 unspecified atom stereocenters. The third-order valence-corrected chi connectivity index (χ3v) is 6.38. The number of likely N-dealkylation sites (N-methyl/N-ethyl adjacent to an activating group) is 1. The number of pyridine rings is 1. The number of anilines is 3. The summed E-state index contributed by atoms with van der Waals surface area (Å²) in [6.45, 7) is 1.88. The molecule has 7 nitrogen and oxygen atoms in total. The Bertz CT molecular complexity index is 1270. The van der Waals surface area contributed by atoms with Crippen LogP contribution < -0.4 is 10.2 Å². The van der Waals surface area contributed by atoms with E-state index in [1.165, 1.54) is 6.07 Å². The highest BCUT2D eigenvalue weighted by atomic mass is 19.1. The van der Waals surface area contributed by atoms with Gasteiger partial charge in [-0.15, -0.1) is 0 Å². The molecule has 2 aliphatic heterocycles. The van der Waals surface area contributed by atoms with Crippen molar-refractivity contribution < 1.29 is 4.39 Å². The minimum Gasteiger partial charge on any atom is -0.363 e. The van der Waals surface area contributed by atoms with E-state index in [9.17, 15) is 4.39 Å². The number of fused-ring (bicyclic) bond motifs is 3. The minimum absolute atomic E-state index is 0.224. The van der Waals surface area contributed by atoms with E-state index in [1.807, 2.05) is 36.5 Å². The Balaban J connectivity index is 1.23. The van der Waals surface area contributed by atoms with Gasteiger partial charge in [0.05, 0.1) is 11.4 Å². The van der Waals surface area contributed by atoms with E-state index in [0.29, 0.717) is 29.4 Å². The second kappa shape index (κ2) is 7.02. The fourth-order valence-corrected chi connectivity index (χ4v) is 4.77. The predicted molar refractivity (Wildman–Crippen MR) is 119 cm³/mol. The van der Waals surface area contributed by atoms with Crippen LogP contribution in [0.15, 0.2) is 55.0 Å². The van der Waals surface area contributed by atoms with Crippen molar-refractivity contribution in [1.29, 1.82) is 0 Å². The van der Waals surface area contributed by atoms with Crippen LogP contribution in [-0.4, -0.2) is 57.1 Å². The van der Waals surface area contributed by atoms with E-state index >= 15 is 0 Å². The quantitative estimate of drug-likeness (QED) is 0.528. The van der Waals surface area contributed by atoms with Gasteiger partial charge < -0.3 is 15.2 Å². The van der Waals surface area contributed by atoms with Crippen LogP contribution in [0, 0.1) is 5.82 Å². The Morgan fingerprint density at radius 1 is 1.10 bits per heavy atom. The van der Waals surface area contributed by atoms with Gasteiger partial charge in [-0.2, -0.15) is 0 Å². The lowest BCUT2D eigenvalue weighted by Gasteiger charge is -2.33. The van der Waals surface area contributed by atoms with Gasteiger partial charge in [-0.25, -0.2) is 19.3 Å². The van der Waals surface area contributed by atoms with E-state index in [-0.39, 0.29) is 5.82 Å². The van der Waals surface area contributed by atoms with Gasteiger partial charge >= 0.3 is 0 Å². The molecule has 2 N–H and O–H groups in total. The zero-order valence-corrected chi connectivity index (χ0v) is 17.1. The monoisotopic (exact) mass is 415 g/mol. The third kappa shape index (κ3) is 3.19. The molecule has 1 aromatic carbocycles. The minimum atomic E-state index is -0.224. The lowest BCUT2D eigenvalue weighted by molar-refractivity contribution is 0.292. The molecule has 0 amide bonds. The molecule has 156 valence electrons. The maximum atomic E-state index is 14.9. The number of hydrogen-bond donors (Lipinski definition) is 2. The summed E-state index contributed by atoms with van der Waals surface area (Å²) in [7, 11) is 2.14. The Kier molecular flexibility index (Phi) is 4.14. The summed E-state index contributed by atoms with van der Waals surface area (Å²) in [5, 5.41) is 4.15. The van der Waals surface area contributed by atoms with Gasteiger partial charge in [0.15, 0.2) is 0 Å². The summed E-state index contributed by atoms with van der Waals surface area (Å²) in [6.07, 6.45) is 6.44. The number of halogens is 1. The van der Waals surface area contributed by atoms with Crippen LogP contribution in [0.2, 0.25) is 0 Å². The molecule has 2 bridgehead atoms. The molecule has 2 saturated heterocycles. The second-order valence-electron chi connectivity index (χ2n) is 8.33. The Morgan fingerprint density at radius 3 is 2.84 bits per heavy atom. The highest BCUT2D eigenvalue weighted by molar-refractivity contribution is 5.80. The molecule has 4 aromatic rings. The smallest absolute Gasteiger partial charge is 0.227 e. The van der Waals surface area contributed by atoms with E-state index in [2.05, 4.69) is 42.1 Å². The van der Waals surface area contributed by atoms with E-state index in [4.69, 9.17) is 0 Å².